The van der Waals surface area contributed by atoms with Crippen molar-refractivity contribution in [2.45, 2.75) is 29.5 Å². The lowest BCUT2D eigenvalue weighted by Gasteiger charge is -2.22. The van der Waals surface area contributed by atoms with Gasteiger partial charge in [-0.1, -0.05) is 12.1 Å². The summed E-state index contributed by atoms with van der Waals surface area (Å²) in [5.74, 6) is -1.80. The summed E-state index contributed by atoms with van der Waals surface area (Å²) >= 11 is 0. The number of halogens is 1. The maximum Gasteiger partial charge on any atom is 0.327 e. The third-order valence-electron chi connectivity index (χ3n) is 5.68. The molecule has 1 heterocycles. The van der Waals surface area contributed by atoms with Crippen LogP contribution in [0.25, 0.3) is 11.3 Å². The summed E-state index contributed by atoms with van der Waals surface area (Å²) < 4.78 is 43.2. The molecule has 2 N–H and O–H groups in total. The van der Waals surface area contributed by atoms with Crippen molar-refractivity contribution in [2.24, 2.45) is 7.05 Å². The number of aliphatic hydroxyl groups excluding tert-OH is 1. The highest BCUT2D eigenvalue weighted by molar-refractivity contribution is 7.93. The fraction of sp³-hybridized carbons (Fsp3) is 0.292. The van der Waals surface area contributed by atoms with Gasteiger partial charge in [0.2, 0.25) is 0 Å². The Kier molecular flexibility index (Phi) is 7.41. The molecule has 9 nitrogen and oxygen atoms in total. The highest BCUT2D eigenvalue weighted by Gasteiger charge is 2.44. The molecule has 1 aromatic heterocycles. The smallest absolute Gasteiger partial charge is 0.327 e. The lowest BCUT2D eigenvalue weighted by atomic mass is 10.1. The standard InChI is InChI=1S/C24H26FN3O6S/c1-24(2,23(31)34-4)35(32,33)18-11-7-16(8-12-18)20(14-29)26-22(30)21-13-19(27-28(21)3)15-5-9-17(25)10-6-15/h5-13,20,29H,14H2,1-4H3,(H,26,30)/t20-/m1/s1. The van der Waals surface area contributed by atoms with Gasteiger partial charge in [-0.05, 0) is 61.9 Å². The van der Waals surface area contributed by atoms with E-state index in [0.29, 0.717) is 16.8 Å². The molecule has 1 amide bonds. The molecule has 1 atom stereocenters. The molecule has 0 bridgehead atoms. The van der Waals surface area contributed by atoms with E-state index in [0.717, 1.165) is 7.11 Å². The number of rotatable bonds is 8. The summed E-state index contributed by atoms with van der Waals surface area (Å²) in [5, 5.41) is 16.8. The van der Waals surface area contributed by atoms with Crippen LogP contribution in [-0.2, 0) is 26.4 Å². The largest absolute Gasteiger partial charge is 0.468 e. The molecule has 0 aliphatic carbocycles. The van der Waals surface area contributed by atoms with Crippen molar-refractivity contribution in [3.8, 4) is 11.3 Å². The normalized spacial score (nSPS) is 12.7. The predicted molar refractivity (Wildman–Crippen MR) is 126 cm³/mol. The number of hydrogen-bond donors (Lipinski definition) is 2. The molecule has 2 aromatic carbocycles. The highest BCUT2D eigenvalue weighted by atomic mass is 32.2. The molecular weight excluding hydrogens is 477 g/mol. The number of carbonyl (C=O) groups excluding carboxylic acids is 2. The first-order chi connectivity index (χ1) is 16.4. The lowest BCUT2D eigenvalue weighted by molar-refractivity contribution is -0.142. The molecular formula is C24H26FN3O6S. The van der Waals surface area contributed by atoms with Crippen molar-refractivity contribution < 1.29 is 32.2 Å². The first kappa shape index (κ1) is 26.0. The fourth-order valence-electron chi connectivity index (χ4n) is 3.44. The number of aliphatic hydroxyl groups is 1. The van der Waals surface area contributed by atoms with E-state index in [1.165, 1.54) is 54.9 Å². The number of carbonyl (C=O) groups is 2. The summed E-state index contributed by atoms with van der Waals surface area (Å²) in [7, 11) is -1.36. The maximum atomic E-state index is 13.2. The summed E-state index contributed by atoms with van der Waals surface area (Å²) in [5.41, 5.74) is 1.77. The van der Waals surface area contributed by atoms with Gasteiger partial charge in [0, 0.05) is 12.6 Å². The van der Waals surface area contributed by atoms with E-state index >= 15 is 0 Å². The monoisotopic (exact) mass is 503 g/mol. The Hall–Kier alpha value is -3.57. The Morgan fingerprint density at radius 1 is 1.14 bits per heavy atom. The molecule has 0 aliphatic heterocycles. The number of sulfone groups is 1. The molecule has 0 saturated heterocycles. The van der Waals surface area contributed by atoms with E-state index in [4.69, 9.17) is 0 Å². The van der Waals surface area contributed by atoms with Gasteiger partial charge in [0.05, 0.1) is 30.3 Å². The third-order valence-corrected chi connectivity index (χ3v) is 8.08. The van der Waals surface area contributed by atoms with Crippen molar-refractivity contribution in [3.63, 3.8) is 0 Å². The minimum Gasteiger partial charge on any atom is -0.468 e. The Morgan fingerprint density at radius 2 is 1.74 bits per heavy atom. The topological polar surface area (TPSA) is 128 Å². The van der Waals surface area contributed by atoms with Gasteiger partial charge in [-0.2, -0.15) is 5.10 Å². The van der Waals surface area contributed by atoms with Crippen LogP contribution >= 0.6 is 0 Å². The van der Waals surface area contributed by atoms with Crippen molar-refractivity contribution >= 4 is 21.7 Å². The Labute approximate surface area is 202 Å². The SMILES string of the molecule is COC(=O)C(C)(C)S(=O)(=O)c1ccc([C@@H](CO)NC(=O)c2cc(-c3ccc(F)cc3)nn2C)cc1. The van der Waals surface area contributed by atoms with Crippen molar-refractivity contribution in [1.82, 2.24) is 15.1 Å². The molecule has 3 rings (SSSR count). The molecule has 0 spiro atoms. The maximum absolute atomic E-state index is 13.2. The summed E-state index contributed by atoms with van der Waals surface area (Å²) in [6.07, 6.45) is 0. The molecule has 11 heteroatoms. The quantitative estimate of drug-likeness (QED) is 0.452. The van der Waals surface area contributed by atoms with E-state index in [2.05, 4.69) is 15.2 Å². The number of nitrogens with zero attached hydrogens (tertiary/aromatic N) is 2. The van der Waals surface area contributed by atoms with E-state index in [9.17, 15) is 27.5 Å². The zero-order valence-corrected chi connectivity index (χ0v) is 20.5. The first-order valence-electron chi connectivity index (χ1n) is 10.6. The minimum absolute atomic E-state index is 0.102. The van der Waals surface area contributed by atoms with E-state index in [1.807, 2.05) is 0 Å². The highest BCUT2D eigenvalue weighted by Crippen LogP contribution is 2.28. The average molecular weight is 504 g/mol. The molecule has 186 valence electrons. The Bertz CT molecular complexity index is 1330. The van der Waals surface area contributed by atoms with Crippen LogP contribution in [0, 0.1) is 5.82 Å². The van der Waals surface area contributed by atoms with Crippen LogP contribution < -0.4 is 5.32 Å². The van der Waals surface area contributed by atoms with Crippen LogP contribution in [0.2, 0.25) is 0 Å². The van der Waals surface area contributed by atoms with Crippen LogP contribution in [-0.4, -0.2) is 53.6 Å². The number of hydrogen-bond acceptors (Lipinski definition) is 7. The lowest BCUT2D eigenvalue weighted by Crippen LogP contribution is -2.41. The van der Waals surface area contributed by atoms with Crippen molar-refractivity contribution in [1.29, 1.82) is 0 Å². The summed E-state index contributed by atoms with van der Waals surface area (Å²) in [6.45, 7) is 2.06. The van der Waals surface area contributed by atoms with Crippen molar-refractivity contribution in [3.05, 3.63) is 71.7 Å². The molecule has 0 aliphatic rings. The van der Waals surface area contributed by atoms with Gasteiger partial charge in [0.15, 0.2) is 14.6 Å². The van der Waals surface area contributed by atoms with Crippen LogP contribution in [0.4, 0.5) is 4.39 Å². The van der Waals surface area contributed by atoms with Crippen LogP contribution in [0.1, 0.15) is 35.9 Å². The van der Waals surface area contributed by atoms with Gasteiger partial charge in [-0.25, -0.2) is 12.8 Å². The summed E-state index contributed by atoms with van der Waals surface area (Å²) in [6, 6.07) is 11.9. The number of ether oxygens (including phenoxy) is 1. The Morgan fingerprint density at radius 3 is 2.29 bits per heavy atom. The number of aryl methyl sites for hydroxylation is 1. The molecule has 0 radical (unpaired) electrons. The number of amides is 1. The minimum atomic E-state index is -4.06. The number of methoxy groups -OCH3 is 1. The molecule has 0 fully saturated rings. The fourth-order valence-corrected chi connectivity index (χ4v) is 4.82. The van der Waals surface area contributed by atoms with Gasteiger partial charge in [0.25, 0.3) is 5.91 Å². The van der Waals surface area contributed by atoms with Gasteiger partial charge in [-0.15, -0.1) is 0 Å². The van der Waals surface area contributed by atoms with Gasteiger partial charge in [0.1, 0.15) is 11.5 Å². The van der Waals surface area contributed by atoms with Crippen LogP contribution in [0.5, 0.6) is 0 Å². The second kappa shape index (κ2) is 9.96. The van der Waals surface area contributed by atoms with Gasteiger partial charge >= 0.3 is 5.97 Å². The molecule has 3 aromatic rings. The van der Waals surface area contributed by atoms with Gasteiger partial charge in [-0.3, -0.25) is 14.3 Å². The zero-order valence-electron chi connectivity index (χ0n) is 19.6. The van der Waals surface area contributed by atoms with Crippen LogP contribution in [0.15, 0.2) is 59.5 Å². The van der Waals surface area contributed by atoms with Gasteiger partial charge < -0.3 is 15.2 Å². The average Bonchev–Trinajstić information content (AvgIpc) is 3.23. The van der Waals surface area contributed by atoms with E-state index in [-0.39, 0.29) is 16.4 Å². The first-order valence-corrected chi connectivity index (χ1v) is 12.1. The second-order valence-corrected chi connectivity index (χ2v) is 10.8. The number of aromatic nitrogens is 2. The number of nitrogens with one attached hydrogen (secondary N) is 1. The Balaban J connectivity index is 1.81. The number of benzene rings is 2. The molecule has 35 heavy (non-hydrogen) atoms. The molecule has 0 unspecified atom stereocenters. The third kappa shape index (κ3) is 5.10. The second-order valence-electron chi connectivity index (χ2n) is 8.33. The number of esters is 1. The van der Waals surface area contributed by atoms with E-state index < -0.39 is 39.1 Å². The van der Waals surface area contributed by atoms with E-state index in [1.54, 1.807) is 25.2 Å². The zero-order chi connectivity index (χ0) is 26.0. The summed E-state index contributed by atoms with van der Waals surface area (Å²) in [4.78, 5) is 24.7. The van der Waals surface area contributed by atoms with Crippen LogP contribution in [0.3, 0.4) is 0 Å². The predicted octanol–water partition coefficient (Wildman–Crippen LogP) is 2.41. The molecule has 0 saturated carbocycles. The van der Waals surface area contributed by atoms with Crippen molar-refractivity contribution in [2.75, 3.05) is 13.7 Å².